The first-order chi connectivity index (χ1) is 9.52. The molecule has 1 amide bonds. The maximum atomic E-state index is 12.3. The molecular formula is C13H15N3O3S. The summed E-state index contributed by atoms with van der Waals surface area (Å²) in [6, 6.07) is 1.64. The second-order valence-corrected chi connectivity index (χ2v) is 6.72. The van der Waals surface area contributed by atoms with Crippen molar-refractivity contribution in [3.63, 3.8) is 0 Å². The molecule has 1 aliphatic heterocycles. The minimum absolute atomic E-state index is 0.0127. The Hall–Kier alpha value is -1.91. The fourth-order valence-electron chi connectivity index (χ4n) is 1.88. The van der Waals surface area contributed by atoms with E-state index in [4.69, 9.17) is 5.73 Å². The number of pyridine rings is 1. The second-order valence-electron chi connectivity index (χ2n) is 4.41. The first kappa shape index (κ1) is 14.5. The van der Waals surface area contributed by atoms with Crippen LogP contribution in [-0.2, 0) is 9.84 Å². The van der Waals surface area contributed by atoms with Gasteiger partial charge in [-0.15, -0.1) is 0 Å². The number of aromatic nitrogens is 1. The summed E-state index contributed by atoms with van der Waals surface area (Å²) < 4.78 is 22.7. The minimum Gasteiger partial charge on any atom is -0.337 e. The third-order valence-corrected chi connectivity index (χ3v) is 4.56. The van der Waals surface area contributed by atoms with Gasteiger partial charge in [0.2, 0.25) is 0 Å². The van der Waals surface area contributed by atoms with Gasteiger partial charge in [0.15, 0.2) is 9.84 Å². The van der Waals surface area contributed by atoms with Crippen LogP contribution in [0.3, 0.4) is 0 Å². The van der Waals surface area contributed by atoms with Crippen molar-refractivity contribution in [3.8, 4) is 11.8 Å². The normalized spacial score (nSPS) is 17.1. The summed E-state index contributed by atoms with van der Waals surface area (Å²) in [5, 5.41) is 0. The number of hydrogen-bond acceptors (Lipinski definition) is 5. The van der Waals surface area contributed by atoms with Crippen molar-refractivity contribution in [1.29, 1.82) is 0 Å². The highest BCUT2D eigenvalue weighted by molar-refractivity contribution is 7.91. The van der Waals surface area contributed by atoms with Crippen molar-refractivity contribution in [2.24, 2.45) is 5.73 Å². The van der Waals surface area contributed by atoms with Gasteiger partial charge in [-0.05, 0) is 6.07 Å². The summed E-state index contributed by atoms with van der Waals surface area (Å²) in [4.78, 5) is 17.8. The van der Waals surface area contributed by atoms with Gasteiger partial charge in [-0.3, -0.25) is 9.78 Å². The van der Waals surface area contributed by atoms with E-state index < -0.39 is 9.84 Å². The number of carbonyl (C=O) groups excluding carboxylic acids is 1. The Balaban J connectivity index is 2.13. The number of nitrogens with zero attached hydrogens (tertiary/aromatic N) is 2. The van der Waals surface area contributed by atoms with Crippen molar-refractivity contribution in [2.45, 2.75) is 0 Å². The van der Waals surface area contributed by atoms with E-state index in [2.05, 4.69) is 16.8 Å². The van der Waals surface area contributed by atoms with Crippen LogP contribution in [0.2, 0.25) is 0 Å². The molecule has 20 heavy (non-hydrogen) atoms. The molecule has 0 aliphatic carbocycles. The van der Waals surface area contributed by atoms with Crippen LogP contribution in [0.5, 0.6) is 0 Å². The topological polar surface area (TPSA) is 93.4 Å². The standard InChI is InChI=1S/C13H15N3O3S/c14-3-1-2-11-8-12(10-15-9-11)13(17)16-4-6-20(18,19)7-5-16/h8-10H,3-7,14H2. The van der Waals surface area contributed by atoms with Crippen molar-refractivity contribution < 1.29 is 13.2 Å². The first-order valence-corrected chi connectivity index (χ1v) is 7.98. The summed E-state index contributed by atoms with van der Waals surface area (Å²) in [6.07, 6.45) is 3.01. The predicted octanol–water partition coefficient (Wildman–Crippen LogP) is -0.738. The molecule has 1 fully saturated rings. The monoisotopic (exact) mass is 293 g/mol. The smallest absolute Gasteiger partial charge is 0.255 e. The predicted molar refractivity (Wildman–Crippen MR) is 74.7 cm³/mol. The summed E-state index contributed by atoms with van der Waals surface area (Å²) in [6.45, 7) is 0.682. The van der Waals surface area contributed by atoms with Crippen LogP contribution in [-0.4, -0.2) is 55.3 Å². The van der Waals surface area contributed by atoms with Crippen molar-refractivity contribution in [1.82, 2.24) is 9.88 Å². The summed E-state index contributed by atoms with van der Waals surface area (Å²) in [5.74, 6) is 5.31. The number of hydrogen-bond donors (Lipinski definition) is 1. The van der Waals surface area contributed by atoms with Gasteiger partial charge in [-0.25, -0.2) is 8.42 Å². The molecule has 1 saturated heterocycles. The van der Waals surface area contributed by atoms with E-state index in [1.165, 1.54) is 11.1 Å². The Morgan fingerprint density at radius 2 is 2.05 bits per heavy atom. The number of sulfone groups is 1. The second kappa shape index (κ2) is 6.03. The molecule has 1 aromatic heterocycles. The minimum atomic E-state index is -3.00. The average molecular weight is 293 g/mol. The highest BCUT2D eigenvalue weighted by atomic mass is 32.2. The van der Waals surface area contributed by atoms with Gasteiger partial charge in [-0.2, -0.15) is 0 Å². The first-order valence-electron chi connectivity index (χ1n) is 6.15. The van der Waals surface area contributed by atoms with Crippen LogP contribution >= 0.6 is 0 Å². The van der Waals surface area contributed by atoms with Crippen molar-refractivity contribution in [3.05, 3.63) is 29.6 Å². The Morgan fingerprint density at radius 1 is 1.35 bits per heavy atom. The summed E-state index contributed by atoms with van der Waals surface area (Å²) >= 11 is 0. The lowest BCUT2D eigenvalue weighted by atomic mass is 10.2. The molecule has 6 nitrogen and oxygen atoms in total. The molecule has 0 radical (unpaired) electrons. The molecule has 7 heteroatoms. The zero-order valence-electron chi connectivity index (χ0n) is 10.9. The van der Waals surface area contributed by atoms with E-state index in [1.54, 1.807) is 12.3 Å². The Labute approximate surface area is 117 Å². The van der Waals surface area contributed by atoms with Gasteiger partial charge in [0.1, 0.15) is 0 Å². The highest BCUT2D eigenvalue weighted by Crippen LogP contribution is 2.10. The SMILES string of the molecule is NCC#Cc1cncc(C(=O)N2CCS(=O)(=O)CC2)c1. The lowest BCUT2D eigenvalue weighted by molar-refractivity contribution is 0.0770. The third kappa shape index (κ3) is 3.56. The molecule has 2 N–H and O–H groups in total. The van der Waals surface area contributed by atoms with Gasteiger partial charge >= 0.3 is 0 Å². The lowest BCUT2D eigenvalue weighted by Gasteiger charge is -2.26. The van der Waals surface area contributed by atoms with E-state index >= 15 is 0 Å². The molecule has 1 aliphatic rings. The Morgan fingerprint density at radius 3 is 2.70 bits per heavy atom. The summed E-state index contributed by atoms with van der Waals surface area (Å²) in [7, 11) is -3.00. The highest BCUT2D eigenvalue weighted by Gasteiger charge is 2.25. The fraction of sp³-hybridized carbons (Fsp3) is 0.385. The van der Waals surface area contributed by atoms with Crippen LogP contribution in [0.4, 0.5) is 0 Å². The van der Waals surface area contributed by atoms with E-state index in [0.717, 1.165) is 0 Å². The van der Waals surface area contributed by atoms with Crippen LogP contribution < -0.4 is 5.73 Å². The molecule has 0 aromatic carbocycles. The zero-order chi connectivity index (χ0) is 14.6. The number of carbonyl (C=O) groups is 1. The van der Waals surface area contributed by atoms with E-state index in [1.807, 2.05) is 0 Å². The molecule has 0 unspecified atom stereocenters. The van der Waals surface area contributed by atoms with Crippen LogP contribution in [0.1, 0.15) is 15.9 Å². The van der Waals surface area contributed by atoms with Gasteiger partial charge in [0.05, 0.1) is 23.6 Å². The van der Waals surface area contributed by atoms with Crippen molar-refractivity contribution >= 4 is 15.7 Å². The average Bonchev–Trinajstić information content (AvgIpc) is 2.45. The van der Waals surface area contributed by atoms with E-state index in [0.29, 0.717) is 11.1 Å². The third-order valence-electron chi connectivity index (χ3n) is 2.95. The van der Waals surface area contributed by atoms with Gasteiger partial charge in [-0.1, -0.05) is 11.8 Å². The van der Waals surface area contributed by atoms with E-state index in [9.17, 15) is 13.2 Å². The van der Waals surface area contributed by atoms with Crippen LogP contribution in [0, 0.1) is 11.8 Å². The van der Waals surface area contributed by atoms with E-state index in [-0.39, 0.29) is 37.0 Å². The molecular weight excluding hydrogens is 278 g/mol. The molecule has 0 spiro atoms. The molecule has 0 atom stereocenters. The summed E-state index contributed by atoms with van der Waals surface area (Å²) in [5.41, 5.74) is 6.32. The maximum absolute atomic E-state index is 12.3. The number of amides is 1. The Bertz CT molecular complexity index is 660. The van der Waals surface area contributed by atoms with Gasteiger partial charge in [0, 0.05) is 31.0 Å². The molecule has 0 bridgehead atoms. The number of nitrogens with two attached hydrogens (primary N) is 1. The Kier molecular flexibility index (Phi) is 4.37. The van der Waals surface area contributed by atoms with Crippen molar-refractivity contribution in [2.75, 3.05) is 31.1 Å². The molecule has 1 aromatic rings. The quantitative estimate of drug-likeness (QED) is 0.689. The molecule has 106 valence electrons. The molecule has 2 rings (SSSR count). The lowest BCUT2D eigenvalue weighted by Crippen LogP contribution is -2.43. The molecule has 0 saturated carbocycles. The van der Waals surface area contributed by atoms with Crippen LogP contribution in [0.25, 0.3) is 0 Å². The van der Waals surface area contributed by atoms with Gasteiger partial charge < -0.3 is 10.6 Å². The van der Waals surface area contributed by atoms with Crippen LogP contribution in [0.15, 0.2) is 18.5 Å². The largest absolute Gasteiger partial charge is 0.337 e. The zero-order valence-corrected chi connectivity index (χ0v) is 11.7. The number of rotatable bonds is 1. The maximum Gasteiger partial charge on any atom is 0.255 e. The van der Waals surface area contributed by atoms with Gasteiger partial charge in [0.25, 0.3) is 5.91 Å². The molecule has 2 heterocycles. The fourth-order valence-corrected chi connectivity index (χ4v) is 3.08.